The number of pyridine rings is 1. The highest BCUT2D eigenvalue weighted by Crippen LogP contribution is 2.32. The second-order valence-corrected chi connectivity index (χ2v) is 7.39. The molecule has 0 atom stereocenters. The normalized spacial score (nSPS) is 11.5. The standard InChI is InChI=1S/C21H13Cl2F3N4O/c22-18-8-12(9-19(23)30-18)11-1-6-16-15(7-11)17(10-27-16)29-20(31)28-14-4-2-13(3-5-14)21(24,25)26/h1-10,27H,(H2,28,29,31). The molecule has 2 heterocycles. The van der Waals surface area contributed by atoms with Crippen LogP contribution < -0.4 is 10.6 Å². The zero-order chi connectivity index (χ0) is 22.2. The Balaban J connectivity index is 1.55. The van der Waals surface area contributed by atoms with Crippen LogP contribution in [0.2, 0.25) is 10.3 Å². The van der Waals surface area contributed by atoms with E-state index >= 15 is 0 Å². The van der Waals surface area contributed by atoms with Crippen molar-refractivity contribution in [3.05, 3.63) is 76.7 Å². The highest BCUT2D eigenvalue weighted by atomic mass is 35.5. The van der Waals surface area contributed by atoms with Crippen molar-refractivity contribution in [1.82, 2.24) is 9.97 Å². The Morgan fingerprint density at radius 3 is 2.23 bits per heavy atom. The first kappa shape index (κ1) is 21.0. The van der Waals surface area contributed by atoms with E-state index < -0.39 is 17.8 Å². The summed E-state index contributed by atoms with van der Waals surface area (Å²) in [5, 5.41) is 6.44. The van der Waals surface area contributed by atoms with Gasteiger partial charge in [-0.05, 0) is 59.7 Å². The number of nitrogens with zero attached hydrogens (tertiary/aromatic N) is 1. The Bertz CT molecular complexity index is 1250. The summed E-state index contributed by atoms with van der Waals surface area (Å²) in [6.45, 7) is 0. The van der Waals surface area contributed by atoms with Crippen LogP contribution >= 0.6 is 23.2 Å². The van der Waals surface area contributed by atoms with Gasteiger partial charge < -0.3 is 15.6 Å². The van der Waals surface area contributed by atoms with Gasteiger partial charge >= 0.3 is 12.2 Å². The molecule has 0 spiro atoms. The van der Waals surface area contributed by atoms with E-state index in [4.69, 9.17) is 23.2 Å². The van der Waals surface area contributed by atoms with Gasteiger partial charge in [-0.1, -0.05) is 29.3 Å². The number of hydrogen-bond acceptors (Lipinski definition) is 2. The van der Waals surface area contributed by atoms with E-state index in [2.05, 4.69) is 20.6 Å². The third-order valence-corrected chi connectivity index (χ3v) is 4.88. The van der Waals surface area contributed by atoms with Crippen molar-refractivity contribution in [3.63, 3.8) is 0 Å². The van der Waals surface area contributed by atoms with Crippen LogP contribution in [0.5, 0.6) is 0 Å². The van der Waals surface area contributed by atoms with Gasteiger partial charge in [-0.3, -0.25) is 0 Å². The first-order valence-corrected chi connectivity index (χ1v) is 9.64. The number of halogens is 5. The first-order valence-electron chi connectivity index (χ1n) is 8.89. The molecular weight excluding hydrogens is 452 g/mol. The minimum absolute atomic E-state index is 0.229. The fraction of sp³-hybridized carbons (Fsp3) is 0.0476. The molecule has 31 heavy (non-hydrogen) atoms. The number of nitrogens with one attached hydrogen (secondary N) is 3. The number of H-pyrrole nitrogens is 1. The lowest BCUT2D eigenvalue weighted by Crippen LogP contribution is -2.19. The van der Waals surface area contributed by atoms with Gasteiger partial charge in [-0.2, -0.15) is 13.2 Å². The van der Waals surface area contributed by atoms with Crippen LogP contribution in [0.1, 0.15) is 5.56 Å². The third-order valence-electron chi connectivity index (χ3n) is 4.50. The average Bonchev–Trinajstić information content (AvgIpc) is 3.09. The number of carbonyl (C=O) groups excluding carboxylic acids is 1. The summed E-state index contributed by atoms with van der Waals surface area (Å²) in [5.74, 6) is 0. The summed E-state index contributed by atoms with van der Waals surface area (Å²) in [5.41, 5.74) is 2.27. The quantitative estimate of drug-likeness (QED) is 0.280. The Labute approximate surface area is 184 Å². The molecule has 2 aromatic heterocycles. The van der Waals surface area contributed by atoms with Gasteiger partial charge in [-0.25, -0.2) is 9.78 Å². The predicted octanol–water partition coefficient (Wildman–Crippen LogP) is 7.20. The Morgan fingerprint density at radius 2 is 1.58 bits per heavy atom. The molecule has 0 bridgehead atoms. The van der Waals surface area contributed by atoms with Crippen molar-refractivity contribution in [1.29, 1.82) is 0 Å². The fourth-order valence-corrected chi connectivity index (χ4v) is 3.52. The molecule has 4 aromatic rings. The molecule has 0 saturated heterocycles. The summed E-state index contributed by atoms with van der Waals surface area (Å²) >= 11 is 12.0. The smallest absolute Gasteiger partial charge is 0.359 e. The van der Waals surface area contributed by atoms with Crippen LogP contribution in [0.15, 0.2) is 60.8 Å². The lowest BCUT2D eigenvalue weighted by molar-refractivity contribution is -0.137. The molecule has 0 unspecified atom stereocenters. The van der Waals surface area contributed by atoms with Crippen LogP contribution in [-0.4, -0.2) is 16.0 Å². The molecule has 0 aliphatic carbocycles. The second kappa shape index (κ2) is 8.13. The summed E-state index contributed by atoms with van der Waals surface area (Å²) in [6.07, 6.45) is -2.82. The second-order valence-electron chi connectivity index (χ2n) is 6.62. The van der Waals surface area contributed by atoms with Crippen LogP contribution in [0.3, 0.4) is 0 Å². The molecule has 3 N–H and O–H groups in total. The molecule has 158 valence electrons. The highest BCUT2D eigenvalue weighted by molar-refractivity contribution is 6.32. The lowest BCUT2D eigenvalue weighted by atomic mass is 10.0. The largest absolute Gasteiger partial charge is 0.416 e. The third kappa shape index (κ3) is 4.76. The minimum Gasteiger partial charge on any atom is -0.359 e. The van der Waals surface area contributed by atoms with E-state index in [0.29, 0.717) is 5.69 Å². The van der Waals surface area contributed by atoms with E-state index in [0.717, 1.165) is 34.2 Å². The molecule has 2 amide bonds. The SMILES string of the molecule is O=C(Nc1ccc(C(F)(F)F)cc1)Nc1c[nH]c2ccc(-c3cc(Cl)nc(Cl)c3)cc12. The molecule has 0 fully saturated rings. The number of carbonyl (C=O) groups is 1. The molecule has 5 nitrogen and oxygen atoms in total. The Kier molecular flexibility index (Phi) is 5.51. The van der Waals surface area contributed by atoms with Crippen molar-refractivity contribution in [2.45, 2.75) is 6.18 Å². The van der Waals surface area contributed by atoms with Crippen LogP contribution in [-0.2, 0) is 6.18 Å². The number of amides is 2. The summed E-state index contributed by atoms with van der Waals surface area (Å²) in [6, 6.07) is 12.5. The monoisotopic (exact) mass is 464 g/mol. The maximum atomic E-state index is 12.7. The number of aromatic amines is 1. The number of urea groups is 1. The molecule has 10 heteroatoms. The van der Waals surface area contributed by atoms with Crippen LogP contribution in [0, 0.1) is 0 Å². The highest BCUT2D eigenvalue weighted by Gasteiger charge is 2.30. The molecule has 0 aliphatic heterocycles. The summed E-state index contributed by atoms with van der Waals surface area (Å²) < 4.78 is 38.0. The molecular formula is C21H13Cl2F3N4O. The van der Waals surface area contributed by atoms with E-state index in [1.807, 2.05) is 18.2 Å². The number of anilines is 2. The van der Waals surface area contributed by atoms with Crippen molar-refractivity contribution < 1.29 is 18.0 Å². The summed E-state index contributed by atoms with van der Waals surface area (Å²) in [7, 11) is 0. The first-order chi connectivity index (χ1) is 14.7. The van der Waals surface area contributed by atoms with Crippen molar-refractivity contribution >= 4 is 51.5 Å². The fourth-order valence-electron chi connectivity index (χ4n) is 3.06. The molecule has 4 rings (SSSR count). The zero-order valence-corrected chi connectivity index (χ0v) is 17.0. The van der Waals surface area contributed by atoms with Gasteiger partial charge in [0.05, 0.1) is 11.3 Å². The van der Waals surface area contributed by atoms with E-state index in [1.54, 1.807) is 18.3 Å². The van der Waals surface area contributed by atoms with Gasteiger partial charge in [0.2, 0.25) is 0 Å². The number of alkyl halides is 3. The van der Waals surface area contributed by atoms with Gasteiger partial charge in [0, 0.05) is 22.8 Å². The maximum absolute atomic E-state index is 12.7. The van der Waals surface area contributed by atoms with E-state index in [1.165, 1.54) is 12.1 Å². The van der Waals surface area contributed by atoms with Crippen molar-refractivity contribution in [3.8, 4) is 11.1 Å². The van der Waals surface area contributed by atoms with Crippen molar-refractivity contribution in [2.75, 3.05) is 10.6 Å². The van der Waals surface area contributed by atoms with Crippen LogP contribution in [0.25, 0.3) is 22.0 Å². The van der Waals surface area contributed by atoms with E-state index in [9.17, 15) is 18.0 Å². The molecule has 0 saturated carbocycles. The molecule has 2 aromatic carbocycles. The van der Waals surface area contributed by atoms with Crippen LogP contribution in [0.4, 0.5) is 29.3 Å². The number of fused-ring (bicyclic) bond motifs is 1. The van der Waals surface area contributed by atoms with Gasteiger partial charge in [0.1, 0.15) is 10.3 Å². The van der Waals surface area contributed by atoms with Gasteiger partial charge in [0.15, 0.2) is 0 Å². The Hall–Kier alpha value is -3.23. The summed E-state index contributed by atoms with van der Waals surface area (Å²) in [4.78, 5) is 19.3. The Morgan fingerprint density at radius 1 is 0.903 bits per heavy atom. The average molecular weight is 465 g/mol. The number of aromatic nitrogens is 2. The predicted molar refractivity (Wildman–Crippen MR) is 116 cm³/mol. The number of benzene rings is 2. The maximum Gasteiger partial charge on any atom is 0.416 e. The lowest BCUT2D eigenvalue weighted by Gasteiger charge is -2.10. The zero-order valence-electron chi connectivity index (χ0n) is 15.5. The topological polar surface area (TPSA) is 69.8 Å². The van der Waals surface area contributed by atoms with Gasteiger partial charge in [0.25, 0.3) is 0 Å². The molecule has 0 radical (unpaired) electrons. The van der Waals surface area contributed by atoms with Crippen molar-refractivity contribution in [2.24, 2.45) is 0 Å². The van der Waals surface area contributed by atoms with E-state index in [-0.39, 0.29) is 16.0 Å². The number of rotatable bonds is 3. The number of hydrogen-bond donors (Lipinski definition) is 3. The van der Waals surface area contributed by atoms with Gasteiger partial charge in [-0.15, -0.1) is 0 Å². The minimum atomic E-state index is -4.44. The molecule has 0 aliphatic rings.